The van der Waals surface area contributed by atoms with Crippen LogP contribution >= 0.6 is 11.8 Å². The highest BCUT2D eigenvalue weighted by Crippen LogP contribution is 2.34. The number of hydrogen-bond acceptors (Lipinski definition) is 4. The van der Waals surface area contributed by atoms with E-state index in [4.69, 9.17) is 9.47 Å². The van der Waals surface area contributed by atoms with Crippen LogP contribution in [0.15, 0.2) is 47.4 Å². The molecule has 1 heterocycles. The first kappa shape index (κ1) is 18.4. The van der Waals surface area contributed by atoms with Crippen molar-refractivity contribution in [2.24, 2.45) is 0 Å². The topological polar surface area (TPSA) is 47.6 Å². The van der Waals surface area contributed by atoms with Crippen molar-refractivity contribution in [1.82, 2.24) is 5.32 Å². The number of nitrogens with one attached hydrogen (secondary N) is 1. The molecule has 1 atom stereocenters. The molecule has 1 aliphatic heterocycles. The summed E-state index contributed by atoms with van der Waals surface area (Å²) in [4.78, 5) is 12.5. The van der Waals surface area contributed by atoms with Gasteiger partial charge in [0.2, 0.25) is 12.7 Å². The third-order valence-electron chi connectivity index (χ3n) is 3.81. The fraction of sp³-hybridized carbons (Fsp3) is 0.278. The Balaban J connectivity index is 1.56. The first-order chi connectivity index (χ1) is 12.3. The van der Waals surface area contributed by atoms with E-state index < -0.39 is 11.7 Å². The Morgan fingerprint density at radius 3 is 2.73 bits per heavy atom. The minimum absolute atomic E-state index is 0.0240. The van der Waals surface area contributed by atoms with E-state index in [0.29, 0.717) is 16.4 Å². The number of carbonyl (C=O) groups excluding carboxylic acids is 1. The number of ether oxygens (including phenoxy) is 2. The zero-order valence-corrected chi connectivity index (χ0v) is 14.6. The Labute approximate surface area is 152 Å². The second kappa shape index (κ2) is 7.49. The minimum Gasteiger partial charge on any atom is -0.454 e. The standard InChI is InChI=1S/C18H16F3NO3S/c1-11(12-5-6-15-16(7-12)25-10-24-15)22-17(23)9-26-14-4-2-3-13(8-14)18(19,20)21/h2-8,11H,9-10H2,1H3,(H,22,23)/t11-/m0/s1. The predicted molar refractivity (Wildman–Crippen MR) is 91.3 cm³/mol. The van der Waals surface area contributed by atoms with Crippen LogP contribution in [0.3, 0.4) is 0 Å². The lowest BCUT2D eigenvalue weighted by atomic mass is 10.1. The van der Waals surface area contributed by atoms with Crippen LogP contribution in [-0.2, 0) is 11.0 Å². The van der Waals surface area contributed by atoms with E-state index in [1.54, 1.807) is 18.2 Å². The Bertz CT molecular complexity index is 811. The lowest BCUT2D eigenvalue weighted by Crippen LogP contribution is -2.28. The van der Waals surface area contributed by atoms with Gasteiger partial charge in [0.25, 0.3) is 0 Å². The normalized spacial score (nSPS) is 14.2. The summed E-state index contributed by atoms with van der Waals surface area (Å²) in [6, 6.07) is 10.1. The van der Waals surface area contributed by atoms with Crippen molar-refractivity contribution in [2.75, 3.05) is 12.5 Å². The number of rotatable bonds is 5. The first-order valence-corrected chi connectivity index (χ1v) is 8.80. The van der Waals surface area contributed by atoms with Gasteiger partial charge >= 0.3 is 6.18 Å². The zero-order chi connectivity index (χ0) is 18.7. The van der Waals surface area contributed by atoms with Crippen LogP contribution < -0.4 is 14.8 Å². The van der Waals surface area contributed by atoms with E-state index in [1.165, 1.54) is 6.07 Å². The van der Waals surface area contributed by atoms with E-state index in [-0.39, 0.29) is 24.5 Å². The van der Waals surface area contributed by atoms with E-state index >= 15 is 0 Å². The number of carbonyl (C=O) groups is 1. The van der Waals surface area contributed by atoms with Crippen molar-refractivity contribution in [1.29, 1.82) is 0 Å². The summed E-state index contributed by atoms with van der Waals surface area (Å²) in [5.41, 5.74) is 0.128. The molecule has 1 amide bonds. The van der Waals surface area contributed by atoms with Gasteiger partial charge in [-0.3, -0.25) is 4.79 Å². The van der Waals surface area contributed by atoms with Gasteiger partial charge in [0.1, 0.15) is 0 Å². The van der Waals surface area contributed by atoms with Gasteiger partial charge in [0.05, 0.1) is 17.4 Å². The molecule has 8 heteroatoms. The van der Waals surface area contributed by atoms with Gasteiger partial charge < -0.3 is 14.8 Å². The van der Waals surface area contributed by atoms with Gasteiger partial charge in [-0.25, -0.2) is 0 Å². The second-order valence-corrected chi connectivity index (χ2v) is 6.76. The van der Waals surface area contributed by atoms with Crippen molar-refractivity contribution >= 4 is 17.7 Å². The molecule has 1 N–H and O–H groups in total. The van der Waals surface area contributed by atoms with Crippen molar-refractivity contribution in [3.05, 3.63) is 53.6 Å². The van der Waals surface area contributed by atoms with E-state index in [9.17, 15) is 18.0 Å². The molecule has 0 radical (unpaired) electrons. The molecule has 0 aliphatic carbocycles. The smallest absolute Gasteiger partial charge is 0.416 e. The summed E-state index contributed by atoms with van der Waals surface area (Å²) < 4.78 is 48.7. The number of thioether (sulfide) groups is 1. The van der Waals surface area contributed by atoms with E-state index in [2.05, 4.69) is 5.32 Å². The number of amides is 1. The van der Waals surface area contributed by atoms with Crippen LogP contribution in [0.25, 0.3) is 0 Å². The van der Waals surface area contributed by atoms with Gasteiger partial charge in [-0.15, -0.1) is 11.8 Å². The Morgan fingerprint density at radius 1 is 1.19 bits per heavy atom. The molecule has 4 nitrogen and oxygen atoms in total. The Hall–Kier alpha value is -2.35. The maximum absolute atomic E-state index is 12.7. The average Bonchev–Trinajstić information content (AvgIpc) is 3.07. The molecule has 1 aliphatic rings. The molecular formula is C18H16F3NO3S. The summed E-state index contributed by atoms with van der Waals surface area (Å²) in [6.07, 6.45) is -4.40. The lowest BCUT2D eigenvalue weighted by molar-refractivity contribution is -0.137. The Kier molecular flexibility index (Phi) is 5.31. The van der Waals surface area contributed by atoms with Crippen LogP contribution in [0.5, 0.6) is 11.5 Å². The lowest BCUT2D eigenvalue weighted by Gasteiger charge is -2.15. The summed E-state index contributed by atoms with van der Waals surface area (Å²) in [6.45, 7) is 2.00. The van der Waals surface area contributed by atoms with Crippen molar-refractivity contribution in [2.45, 2.75) is 24.0 Å². The highest BCUT2D eigenvalue weighted by molar-refractivity contribution is 8.00. The third-order valence-corrected chi connectivity index (χ3v) is 4.80. The first-order valence-electron chi connectivity index (χ1n) is 7.82. The number of benzene rings is 2. The number of alkyl halides is 3. The van der Waals surface area contributed by atoms with Gasteiger partial charge in [-0.1, -0.05) is 12.1 Å². The fourth-order valence-electron chi connectivity index (χ4n) is 2.46. The zero-order valence-electron chi connectivity index (χ0n) is 13.8. The Morgan fingerprint density at radius 2 is 1.96 bits per heavy atom. The van der Waals surface area contributed by atoms with Gasteiger partial charge in [0.15, 0.2) is 11.5 Å². The molecule has 0 spiro atoms. The molecule has 2 aromatic rings. The minimum atomic E-state index is -4.40. The predicted octanol–water partition coefficient (Wildman–Crippen LogP) is 4.40. The molecule has 0 aromatic heterocycles. The summed E-state index contributed by atoms with van der Waals surface area (Å²) in [5.74, 6) is 1.04. The van der Waals surface area contributed by atoms with Crippen molar-refractivity contribution in [3.63, 3.8) is 0 Å². The second-order valence-electron chi connectivity index (χ2n) is 5.72. The number of halogens is 3. The molecule has 2 aromatic carbocycles. The maximum Gasteiger partial charge on any atom is 0.416 e. The summed E-state index contributed by atoms with van der Waals surface area (Å²) in [5, 5.41) is 2.82. The molecular weight excluding hydrogens is 367 g/mol. The monoisotopic (exact) mass is 383 g/mol. The summed E-state index contributed by atoms with van der Waals surface area (Å²) in [7, 11) is 0. The summed E-state index contributed by atoms with van der Waals surface area (Å²) >= 11 is 1.06. The molecule has 26 heavy (non-hydrogen) atoms. The molecule has 138 valence electrons. The van der Waals surface area contributed by atoms with Crippen LogP contribution in [0.2, 0.25) is 0 Å². The van der Waals surface area contributed by atoms with Gasteiger partial charge in [-0.2, -0.15) is 13.2 Å². The number of hydrogen-bond donors (Lipinski definition) is 1. The third kappa shape index (κ3) is 4.43. The number of fused-ring (bicyclic) bond motifs is 1. The van der Waals surface area contributed by atoms with E-state index in [1.807, 2.05) is 13.0 Å². The van der Waals surface area contributed by atoms with Crippen LogP contribution in [0, 0.1) is 0 Å². The SMILES string of the molecule is C[C@H](NC(=O)CSc1cccc(C(F)(F)F)c1)c1ccc2c(c1)OCO2. The molecule has 3 rings (SSSR count). The molecule has 0 bridgehead atoms. The molecule has 0 unspecified atom stereocenters. The fourth-order valence-corrected chi connectivity index (χ4v) is 3.23. The van der Waals surface area contributed by atoms with Crippen molar-refractivity contribution in [3.8, 4) is 11.5 Å². The van der Waals surface area contributed by atoms with Crippen LogP contribution in [-0.4, -0.2) is 18.5 Å². The molecule has 0 saturated heterocycles. The van der Waals surface area contributed by atoms with Crippen LogP contribution in [0.4, 0.5) is 13.2 Å². The average molecular weight is 383 g/mol. The largest absolute Gasteiger partial charge is 0.454 e. The molecule has 0 saturated carbocycles. The highest BCUT2D eigenvalue weighted by atomic mass is 32.2. The van der Waals surface area contributed by atoms with Gasteiger partial charge in [0, 0.05) is 4.90 Å². The van der Waals surface area contributed by atoms with Gasteiger partial charge in [-0.05, 0) is 42.8 Å². The maximum atomic E-state index is 12.7. The quantitative estimate of drug-likeness (QED) is 0.778. The highest BCUT2D eigenvalue weighted by Gasteiger charge is 2.30. The van der Waals surface area contributed by atoms with E-state index in [0.717, 1.165) is 29.5 Å². The van der Waals surface area contributed by atoms with Crippen molar-refractivity contribution < 1.29 is 27.4 Å². The molecule has 0 fully saturated rings. The van der Waals surface area contributed by atoms with Crippen LogP contribution in [0.1, 0.15) is 24.1 Å².